The molecule has 8 nitrogen and oxygen atoms in total. The molecule has 0 saturated heterocycles. The number of hydrogen-bond acceptors (Lipinski definition) is 6. The van der Waals surface area contributed by atoms with Crippen molar-refractivity contribution in [3.63, 3.8) is 0 Å². The van der Waals surface area contributed by atoms with Gasteiger partial charge in [-0.15, -0.1) is 0 Å². The molecule has 0 aliphatic rings. The minimum atomic E-state index is -2.22. The van der Waals surface area contributed by atoms with E-state index >= 15 is 0 Å². The molecule has 3 aromatic carbocycles. The molecular weight excluding hydrogens is 521 g/mol. The van der Waals surface area contributed by atoms with Crippen LogP contribution in [0, 0.1) is 0 Å². The number of carbonyl (C=O) groups excluding carboxylic acids is 3. The van der Waals surface area contributed by atoms with E-state index in [1.807, 2.05) is 0 Å². The van der Waals surface area contributed by atoms with E-state index in [9.17, 15) is 24.3 Å². The van der Waals surface area contributed by atoms with Crippen molar-refractivity contribution in [2.24, 2.45) is 0 Å². The number of aliphatic carboxylic acids is 1. The lowest BCUT2D eigenvalue weighted by atomic mass is 10.1. The lowest BCUT2D eigenvalue weighted by molar-refractivity contribution is -0.157. The summed E-state index contributed by atoms with van der Waals surface area (Å²) in [6, 6.07) is 17.4. The molecule has 0 aromatic heterocycles. The second kappa shape index (κ2) is 11.7. The van der Waals surface area contributed by atoms with Crippen LogP contribution in [0.15, 0.2) is 72.8 Å². The van der Waals surface area contributed by atoms with Gasteiger partial charge in [-0.1, -0.05) is 59.1 Å². The van der Waals surface area contributed by atoms with Crippen LogP contribution in [0.5, 0.6) is 0 Å². The lowest BCUT2D eigenvalue weighted by Gasteiger charge is -2.24. The van der Waals surface area contributed by atoms with Crippen LogP contribution in [0.1, 0.15) is 20.7 Å². The SMILES string of the molecule is O=C(O[C@H](C(=O)Nc1ccc(Cl)cc1)[C@@H](OC(=O)c1ccccc1Cl)C(=O)O)c1ccccc1Cl. The Hall–Kier alpha value is -3.59. The Labute approximate surface area is 214 Å². The lowest BCUT2D eigenvalue weighted by Crippen LogP contribution is -2.48. The smallest absolute Gasteiger partial charge is 0.349 e. The van der Waals surface area contributed by atoms with Gasteiger partial charge in [0, 0.05) is 10.7 Å². The Bertz CT molecular complexity index is 1260. The molecule has 0 heterocycles. The summed E-state index contributed by atoms with van der Waals surface area (Å²) < 4.78 is 10.3. The molecule has 0 unspecified atom stereocenters. The van der Waals surface area contributed by atoms with E-state index in [2.05, 4.69) is 5.32 Å². The molecule has 0 spiro atoms. The van der Waals surface area contributed by atoms with Gasteiger partial charge in [0.05, 0.1) is 21.2 Å². The molecule has 3 aromatic rings. The molecule has 0 aliphatic heterocycles. The first-order valence-corrected chi connectivity index (χ1v) is 11.0. The Kier molecular flexibility index (Phi) is 8.70. The van der Waals surface area contributed by atoms with Gasteiger partial charge < -0.3 is 19.9 Å². The van der Waals surface area contributed by atoms with E-state index in [0.717, 1.165) is 0 Å². The molecule has 0 radical (unpaired) electrons. The van der Waals surface area contributed by atoms with E-state index in [4.69, 9.17) is 44.3 Å². The quantitative estimate of drug-likeness (QED) is 0.383. The van der Waals surface area contributed by atoms with E-state index in [1.54, 1.807) is 12.1 Å². The van der Waals surface area contributed by atoms with Gasteiger partial charge >= 0.3 is 17.9 Å². The highest BCUT2D eigenvalue weighted by Gasteiger charge is 2.41. The highest BCUT2D eigenvalue weighted by molar-refractivity contribution is 6.34. The van der Waals surface area contributed by atoms with Crippen molar-refractivity contribution in [3.8, 4) is 0 Å². The molecule has 11 heteroatoms. The average Bonchev–Trinajstić information content (AvgIpc) is 2.82. The number of hydrogen-bond donors (Lipinski definition) is 2. The van der Waals surface area contributed by atoms with Gasteiger partial charge in [0.1, 0.15) is 0 Å². The van der Waals surface area contributed by atoms with E-state index in [-0.39, 0.29) is 26.9 Å². The molecule has 2 N–H and O–H groups in total. The molecule has 0 aliphatic carbocycles. The van der Waals surface area contributed by atoms with Crippen molar-refractivity contribution >= 4 is 64.3 Å². The highest BCUT2D eigenvalue weighted by Crippen LogP contribution is 2.22. The zero-order valence-electron chi connectivity index (χ0n) is 17.6. The number of carboxylic acids is 1. The molecular formula is C24H16Cl3NO7. The largest absolute Gasteiger partial charge is 0.478 e. The number of carbonyl (C=O) groups is 4. The van der Waals surface area contributed by atoms with Gasteiger partial charge in [0.25, 0.3) is 5.91 Å². The van der Waals surface area contributed by atoms with Crippen LogP contribution in [-0.4, -0.2) is 41.1 Å². The number of halogens is 3. The van der Waals surface area contributed by atoms with Crippen molar-refractivity contribution in [1.82, 2.24) is 0 Å². The van der Waals surface area contributed by atoms with Gasteiger partial charge in [-0.25, -0.2) is 14.4 Å². The molecule has 35 heavy (non-hydrogen) atoms. The van der Waals surface area contributed by atoms with Crippen molar-refractivity contribution in [2.45, 2.75) is 12.2 Å². The predicted molar refractivity (Wildman–Crippen MR) is 129 cm³/mol. The zero-order valence-corrected chi connectivity index (χ0v) is 19.9. The number of amides is 1. The summed E-state index contributed by atoms with van der Waals surface area (Å²) in [5.41, 5.74) is -0.0468. The highest BCUT2D eigenvalue weighted by atomic mass is 35.5. The van der Waals surface area contributed by atoms with Crippen molar-refractivity contribution in [2.75, 3.05) is 5.32 Å². The van der Waals surface area contributed by atoms with Gasteiger partial charge in [-0.05, 0) is 48.5 Å². The standard InChI is InChI=1S/C24H16Cl3NO7/c25-13-9-11-14(12-10-13)28-21(29)19(34-23(32)15-5-1-3-7-17(15)26)20(22(30)31)35-24(33)16-6-2-4-8-18(16)27/h1-12,19-20H,(H,28,29)(H,30,31)/t19-,20+/m0/s1. The maximum absolute atomic E-state index is 13.0. The fraction of sp³-hybridized carbons (Fsp3) is 0.0833. The van der Waals surface area contributed by atoms with Crippen LogP contribution < -0.4 is 5.32 Å². The minimum Gasteiger partial charge on any atom is -0.478 e. The monoisotopic (exact) mass is 535 g/mol. The first-order chi connectivity index (χ1) is 16.7. The van der Waals surface area contributed by atoms with Crippen LogP contribution in [-0.2, 0) is 19.1 Å². The normalized spacial score (nSPS) is 12.2. The van der Waals surface area contributed by atoms with E-state index in [1.165, 1.54) is 60.7 Å². The summed E-state index contributed by atoms with van der Waals surface area (Å²) >= 11 is 17.9. The van der Waals surface area contributed by atoms with E-state index in [0.29, 0.717) is 5.02 Å². The van der Waals surface area contributed by atoms with Crippen LogP contribution >= 0.6 is 34.8 Å². The Morgan fingerprint density at radius 2 is 1.14 bits per heavy atom. The van der Waals surface area contributed by atoms with Gasteiger partial charge in [0.15, 0.2) is 0 Å². The molecule has 1 amide bonds. The van der Waals surface area contributed by atoms with Crippen LogP contribution in [0.4, 0.5) is 5.69 Å². The second-order valence-corrected chi connectivity index (χ2v) is 8.20. The molecule has 0 saturated carbocycles. The number of nitrogens with one attached hydrogen (secondary N) is 1. The van der Waals surface area contributed by atoms with Crippen molar-refractivity contribution < 1.29 is 33.8 Å². The molecule has 3 rings (SSSR count). The van der Waals surface area contributed by atoms with Crippen LogP contribution in [0.2, 0.25) is 15.1 Å². The average molecular weight is 537 g/mol. The summed E-state index contributed by atoms with van der Waals surface area (Å²) in [6.07, 6.45) is -4.32. The van der Waals surface area contributed by atoms with Crippen LogP contribution in [0.25, 0.3) is 0 Å². The molecule has 0 fully saturated rings. The first kappa shape index (κ1) is 26.0. The number of esters is 2. The van der Waals surface area contributed by atoms with Gasteiger partial charge in [-0.2, -0.15) is 0 Å². The van der Waals surface area contributed by atoms with Crippen molar-refractivity contribution in [1.29, 1.82) is 0 Å². The zero-order chi connectivity index (χ0) is 25.5. The summed E-state index contributed by atoms with van der Waals surface area (Å²) in [5, 5.41) is 12.6. The first-order valence-electron chi connectivity index (χ1n) is 9.87. The summed E-state index contributed by atoms with van der Waals surface area (Å²) in [6.45, 7) is 0. The van der Waals surface area contributed by atoms with Gasteiger partial charge in [0.2, 0.25) is 12.2 Å². The Morgan fingerprint density at radius 3 is 1.60 bits per heavy atom. The second-order valence-electron chi connectivity index (χ2n) is 6.95. The third-order valence-corrected chi connectivity index (χ3v) is 5.46. The maximum Gasteiger partial charge on any atom is 0.349 e. The van der Waals surface area contributed by atoms with Crippen LogP contribution in [0.3, 0.4) is 0 Å². The number of anilines is 1. The molecule has 2 atom stereocenters. The topological polar surface area (TPSA) is 119 Å². The summed E-state index contributed by atoms with van der Waals surface area (Å²) in [5.74, 6) is -5.06. The maximum atomic E-state index is 13.0. The fourth-order valence-electron chi connectivity index (χ4n) is 2.85. The third kappa shape index (κ3) is 6.73. The van der Waals surface area contributed by atoms with Gasteiger partial charge in [-0.3, -0.25) is 4.79 Å². The van der Waals surface area contributed by atoms with Crippen molar-refractivity contribution in [3.05, 3.63) is 99.0 Å². The number of benzene rings is 3. The molecule has 0 bridgehead atoms. The third-order valence-electron chi connectivity index (χ3n) is 4.54. The Balaban J connectivity index is 1.93. The fourth-order valence-corrected chi connectivity index (χ4v) is 3.40. The number of ether oxygens (including phenoxy) is 2. The summed E-state index contributed by atoms with van der Waals surface area (Å²) in [4.78, 5) is 50.5. The minimum absolute atomic E-state index is 0.00290. The predicted octanol–water partition coefficient (Wildman–Crippen LogP) is 5.12. The number of carboxylic acid groups (broad SMARTS) is 1. The summed E-state index contributed by atoms with van der Waals surface area (Å²) in [7, 11) is 0. The van der Waals surface area contributed by atoms with E-state index < -0.39 is 36.0 Å². The number of rotatable bonds is 8. The molecule has 180 valence electrons. The Morgan fingerprint density at radius 1 is 0.686 bits per heavy atom.